The summed E-state index contributed by atoms with van der Waals surface area (Å²) in [5, 5.41) is 39.8. The van der Waals surface area contributed by atoms with Crippen LogP contribution in [0.2, 0.25) is 0 Å². The Morgan fingerprint density at radius 1 is 0.605 bits per heavy atom. The van der Waals surface area contributed by atoms with E-state index in [0.717, 1.165) is 24.0 Å². The van der Waals surface area contributed by atoms with Crippen molar-refractivity contribution in [3.05, 3.63) is 35.4 Å². The van der Waals surface area contributed by atoms with E-state index in [1.165, 1.54) is 25.0 Å². The van der Waals surface area contributed by atoms with Crippen molar-refractivity contribution in [3.63, 3.8) is 0 Å². The summed E-state index contributed by atoms with van der Waals surface area (Å²) in [4.78, 5) is 0. The first-order valence-electron chi connectivity index (χ1n) is 14.2. The predicted molar refractivity (Wildman–Crippen MR) is 143 cm³/mol. The average molecular weight is 521 g/mol. The van der Waals surface area contributed by atoms with Crippen LogP contribution in [0.25, 0.3) is 0 Å². The maximum atomic E-state index is 10.2. The maximum absolute atomic E-state index is 10.2. The second-order valence-electron chi connectivity index (χ2n) is 14.5. The average Bonchev–Trinajstić information content (AvgIpc) is 3.31. The number of hydrogen-bond acceptors (Lipinski definition) is 6. The van der Waals surface area contributed by atoms with Crippen molar-refractivity contribution >= 4 is 0 Å². The van der Waals surface area contributed by atoms with Crippen molar-refractivity contribution in [2.24, 2.45) is 34.5 Å². The first kappa shape index (κ1) is 24.3. The highest BCUT2D eigenvalue weighted by atomic mass is 16.5. The second-order valence-corrected chi connectivity index (χ2v) is 14.5. The van der Waals surface area contributed by atoms with E-state index in [1.54, 1.807) is 12.1 Å². The van der Waals surface area contributed by atoms with E-state index in [2.05, 4.69) is 41.5 Å². The van der Waals surface area contributed by atoms with Crippen LogP contribution in [0.15, 0.2) is 24.3 Å². The van der Waals surface area contributed by atoms with Gasteiger partial charge in [0.15, 0.2) is 0 Å². The minimum Gasteiger partial charge on any atom is -0.508 e. The molecule has 4 saturated carbocycles. The van der Waals surface area contributed by atoms with Crippen LogP contribution in [0, 0.1) is 34.5 Å². The monoisotopic (exact) mass is 520 g/mol. The highest BCUT2D eigenvalue weighted by Gasteiger charge is 2.70. The molecule has 6 heteroatoms. The lowest BCUT2D eigenvalue weighted by atomic mass is 9.45. The fraction of sp³-hybridized carbons (Fsp3) is 0.625. The molecule has 0 bridgehead atoms. The fourth-order valence-electron chi connectivity index (χ4n) is 10.3. The maximum Gasteiger partial charge on any atom is 0.131 e. The third-order valence-corrected chi connectivity index (χ3v) is 11.9. The molecule has 2 aromatic carbocycles. The largest absolute Gasteiger partial charge is 0.508 e. The molecule has 2 aliphatic heterocycles. The zero-order chi connectivity index (χ0) is 27.2. The molecule has 38 heavy (non-hydrogen) atoms. The van der Waals surface area contributed by atoms with E-state index in [0.29, 0.717) is 47.0 Å². The summed E-state index contributed by atoms with van der Waals surface area (Å²) < 4.78 is 12.4. The lowest BCUT2D eigenvalue weighted by molar-refractivity contribution is -0.121. The van der Waals surface area contributed by atoms with Crippen LogP contribution in [0.1, 0.15) is 90.2 Å². The molecule has 204 valence electrons. The molecule has 0 spiro atoms. The van der Waals surface area contributed by atoms with Gasteiger partial charge in [-0.2, -0.15) is 0 Å². The predicted octanol–water partition coefficient (Wildman–Crippen LogP) is 6.80. The highest BCUT2D eigenvalue weighted by molar-refractivity contribution is 5.57. The van der Waals surface area contributed by atoms with Gasteiger partial charge in [-0.1, -0.05) is 27.7 Å². The molecule has 0 amide bonds. The molecule has 2 heterocycles. The zero-order valence-corrected chi connectivity index (χ0v) is 23.2. The highest BCUT2D eigenvalue weighted by Crippen LogP contribution is 2.75. The number of phenolic OH excluding ortho intramolecular Hbond substituents is 4. The van der Waals surface area contributed by atoms with E-state index in [4.69, 9.17) is 9.47 Å². The summed E-state index contributed by atoms with van der Waals surface area (Å²) >= 11 is 0. The van der Waals surface area contributed by atoms with Crippen LogP contribution >= 0.6 is 0 Å². The molecule has 4 fully saturated rings. The summed E-state index contributed by atoms with van der Waals surface area (Å²) in [6, 6.07) is 6.17. The lowest BCUT2D eigenvalue weighted by Crippen LogP contribution is -2.59. The number of rotatable bonds is 0. The van der Waals surface area contributed by atoms with Crippen LogP contribution in [0.5, 0.6) is 34.5 Å². The molecule has 0 aromatic heterocycles. The Balaban J connectivity index is 0.000000127. The molecular formula is C32H40O6. The van der Waals surface area contributed by atoms with Gasteiger partial charge >= 0.3 is 0 Å². The summed E-state index contributed by atoms with van der Waals surface area (Å²) in [6.45, 7) is 13.6. The van der Waals surface area contributed by atoms with E-state index in [9.17, 15) is 20.4 Å². The Hall–Kier alpha value is -2.76. The smallest absolute Gasteiger partial charge is 0.131 e. The topological polar surface area (TPSA) is 99.4 Å². The molecule has 4 N–H and O–H groups in total. The molecule has 0 saturated heterocycles. The Morgan fingerprint density at radius 2 is 0.974 bits per heavy atom. The van der Waals surface area contributed by atoms with Crippen molar-refractivity contribution in [3.8, 4) is 34.5 Å². The molecule has 6 aliphatic rings. The normalized spacial score (nSPS) is 40.9. The van der Waals surface area contributed by atoms with Crippen LogP contribution in [-0.4, -0.2) is 31.6 Å². The summed E-state index contributed by atoms with van der Waals surface area (Å²) in [5.74, 6) is 4.92. The van der Waals surface area contributed by atoms with Gasteiger partial charge < -0.3 is 29.9 Å². The molecule has 8 atom stereocenters. The Labute approximate surface area is 224 Å². The molecular weight excluding hydrogens is 480 g/mol. The number of benzene rings is 2. The summed E-state index contributed by atoms with van der Waals surface area (Å²) in [7, 11) is 0. The van der Waals surface area contributed by atoms with Gasteiger partial charge in [-0.05, 0) is 62.2 Å². The van der Waals surface area contributed by atoms with Gasteiger partial charge in [-0.25, -0.2) is 0 Å². The Kier molecular flexibility index (Phi) is 4.51. The first-order valence-corrected chi connectivity index (χ1v) is 14.2. The molecule has 0 radical (unpaired) electrons. The van der Waals surface area contributed by atoms with Crippen molar-refractivity contribution in [1.29, 1.82) is 0 Å². The second kappa shape index (κ2) is 7.05. The minimum absolute atomic E-state index is 0.0741. The van der Waals surface area contributed by atoms with Crippen molar-refractivity contribution in [2.75, 3.05) is 0 Å². The summed E-state index contributed by atoms with van der Waals surface area (Å²) in [5.41, 5.74) is 1.97. The van der Waals surface area contributed by atoms with Gasteiger partial charge in [0.25, 0.3) is 0 Å². The van der Waals surface area contributed by atoms with Gasteiger partial charge in [0.05, 0.1) is 0 Å². The molecule has 6 nitrogen and oxygen atoms in total. The zero-order valence-electron chi connectivity index (χ0n) is 23.2. The SMILES string of the molecule is CC1(C)[C@@H]2CC[C@]3(C)Oc4cc(O)cc(O)c4[C@@H]1[C@H]23.CC1(C)[C@H]2CC[C@@]3(C)Oc4cc(O)cc(O)c4[C@H]1[C@@H]23. The van der Waals surface area contributed by atoms with Crippen LogP contribution < -0.4 is 9.47 Å². The number of fused-ring (bicyclic) bond motifs is 4. The molecule has 4 aliphatic carbocycles. The van der Waals surface area contributed by atoms with Crippen LogP contribution in [-0.2, 0) is 0 Å². The first-order chi connectivity index (χ1) is 17.7. The molecule has 8 rings (SSSR count). The van der Waals surface area contributed by atoms with Gasteiger partial charge in [0.2, 0.25) is 0 Å². The number of hydrogen-bond donors (Lipinski definition) is 4. The molecule has 2 aromatic rings. The Morgan fingerprint density at radius 3 is 1.34 bits per heavy atom. The van der Waals surface area contributed by atoms with E-state index >= 15 is 0 Å². The van der Waals surface area contributed by atoms with Crippen molar-refractivity contribution in [2.45, 2.75) is 90.3 Å². The van der Waals surface area contributed by atoms with E-state index in [1.807, 2.05) is 0 Å². The molecule has 0 unspecified atom stereocenters. The Bertz CT molecular complexity index is 1260. The minimum atomic E-state index is -0.127. The third kappa shape index (κ3) is 2.79. The number of aromatic hydroxyl groups is 4. The van der Waals surface area contributed by atoms with Crippen LogP contribution in [0.4, 0.5) is 0 Å². The summed E-state index contributed by atoms with van der Waals surface area (Å²) in [6.07, 6.45) is 4.53. The van der Waals surface area contributed by atoms with E-state index in [-0.39, 0.29) is 45.0 Å². The fourth-order valence-corrected chi connectivity index (χ4v) is 10.3. The van der Waals surface area contributed by atoms with Crippen molar-refractivity contribution in [1.82, 2.24) is 0 Å². The third-order valence-electron chi connectivity index (χ3n) is 11.9. The lowest BCUT2D eigenvalue weighted by Gasteiger charge is -2.62. The van der Waals surface area contributed by atoms with Crippen LogP contribution in [0.3, 0.4) is 0 Å². The van der Waals surface area contributed by atoms with Gasteiger partial charge in [-0.3, -0.25) is 0 Å². The van der Waals surface area contributed by atoms with E-state index < -0.39 is 0 Å². The quantitative estimate of drug-likeness (QED) is 0.305. The van der Waals surface area contributed by atoms with Gasteiger partial charge in [-0.15, -0.1) is 0 Å². The van der Waals surface area contributed by atoms with Gasteiger partial charge in [0, 0.05) is 59.1 Å². The van der Waals surface area contributed by atoms with Crippen molar-refractivity contribution < 1.29 is 29.9 Å². The standard InChI is InChI=1S/2C16H20O3/c2*1-15(2)9-4-5-16(3)13(9)14(15)12-10(18)6-8(17)7-11(12)19-16/h2*6-7,9,13-14,17-18H,4-5H2,1-3H3/t2*9-,13+,14-,16+/m10/s1. The van der Waals surface area contributed by atoms with Gasteiger partial charge in [0.1, 0.15) is 45.7 Å². The number of ether oxygens (including phenoxy) is 2. The number of phenols is 4.